The number of halogens is 3. The molecule has 2 aliphatic heterocycles. The first-order valence-corrected chi connectivity index (χ1v) is 15.1. The fourth-order valence-electron chi connectivity index (χ4n) is 6.15. The molecule has 11 heteroatoms. The molecule has 0 radical (unpaired) electrons. The van der Waals surface area contributed by atoms with Crippen LogP contribution in [0.25, 0.3) is 22.0 Å². The molecular weight excluding hydrogens is 570 g/mol. The van der Waals surface area contributed by atoms with E-state index in [-0.39, 0.29) is 40.8 Å². The number of amides is 1. The summed E-state index contributed by atoms with van der Waals surface area (Å²) in [5.74, 6) is -0.602. The van der Waals surface area contributed by atoms with Crippen molar-refractivity contribution in [1.82, 2.24) is 14.5 Å². The highest BCUT2D eigenvalue weighted by atomic mass is 35.5. The second kappa shape index (κ2) is 10.7. The van der Waals surface area contributed by atoms with Crippen LogP contribution in [0.15, 0.2) is 40.5 Å². The summed E-state index contributed by atoms with van der Waals surface area (Å²) in [6.07, 6.45) is 3.28. The zero-order valence-electron chi connectivity index (χ0n) is 23.1. The third-order valence-corrected chi connectivity index (χ3v) is 9.55. The minimum atomic E-state index is -0.830. The Morgan fingerprint density at radius 1 is 1.12 bits per heavy atom. The fourth-order valence-corrected chi connectivity index (χ4v) is 7.62. The SMILES string of the molecule is C=CC(=O)N1[C@H](C)CN(c2nc(=O)n3c4c(c(-c5cc(Cl)c(F)cc5F)c(C)cc24)SCC(OC2CC2)C3)C[C@@H]1C. The quantitative estimate of drug-likeness (QED) is 0.282. The molecule has 0 N–H and O–H groups in total. The van der Waals surface area contributed by atoms with Gasteiger partial charge in [0.25, 0.3) is 0 Å². The molecule has 3 aromatic rings. The average Bonchev–Trinajstić information content (AvgIpc) is 3.75. The number of nitrogens with zero attached hydrogens (tertiary/aromatic N) is 4. The van der Waals surface area contributed by atoms with Crippen LogP contribution in [0, 0.1) is 18.6 Å². The summed E-state index contributed by atoms with van der Waals surface area (Å²) in [5.41, 5.74) is 1.73. The molecule has 2 fully saturated rings. The Hall–Kier alpha value is -2.95. The van der Waals surface area contributed by atoms with Crippen LogP contribution in [-0.4, -0.2) is 63.5 Å². The topological polar surface area (TPSA) is 67.7 Å². The number of anilines is 1. The molecule has 0 bridgehead atoms. The van der Waals surface area contributed by atoms with Crippen LogP contribution in [0.5, 0.6) is 0 Å². The molecule has 3 atom stereocenters. The third-order valence-electron chi connectivity index (χ3n) is 8.03. The summed E-state index contributed by atoms with van der Waals surface area (Å²) in [6.45, 7) is 10.7. The highest BCUT2D eigenvalue weighted by Gasteiger charge is 2.36. The molecule has 1 unspecified atom stereocenters. The molecule has 41 heavy (non-hydrogen) atoms. The molecule has 216 valence electrons. The van der Waals surface area contributed by atoms with Crippen molar-refractivity contribution < 1.29 is 18.3 Å². The number of piperazine rings is 1. The Labute approximate surface area is 246 Å². The molecule has 3 aliphatic rings. The molecule has 6 rings (SSSR count). The van der Waals surface area contributed by atoms with Crippen LogP contribution in [-0.2, 0) is 16.1 Å². The van der Waals surface area contributed by atoms with Crippen LogP contribution in [0.2, 0.25) is 5.02 Å². The maximum atomic E-state index is 15.3. The lowest BCUT2D eigenvalue weighted by Crippen LogP contribution is -2.58. The van der Waals surface area contributed by atoms with Crippen LogP contribution in [0.1, 0.15) is 32.3 Å². The van der Waals surface area contributed by atoms with Gasteiger partial charge in [0.2, 0.25) is 5.91 Å². The fraction of sp³-hybridized carbons (Fsp3) is 0.433. The van der Waals surface area contributed by atoms with E-state index in [1.165, 1.54) is 23.9 Å². The first kappa shape index (κ1) is 28.2. The van der Waals surface area contributed by atoms with Crippen molar-refractivity contribution in [3.63, 3.8) is 0 Å². The lowest BCUT2D eigenvalue weighted by molar-refractivity contribution is -0.130. The first-order chi connectivity index (χ1) is 19.6. The molecule has 1 saturated carbocycles. The van der Waals surface area contributed by atoms with Crippen molar-refractivity contribution in [2.75, 3.05) is 23.7 Å². The lowest BCUT2D eigenvalue weighted by atomic mass is 9.97. The number of aryl methyl sites for hydroxylation is 1. The number of hydrogen-bond acceptors (Lipinski definition) is 6. The molecule has 7 nitrogen and oxygen atoms in total. The van der Waals surface area contributed by atoms with Crippen molar-refractivity contribution in [2.24, 2.45) is 0 Å². The van der Waals surface area contributed by atoms with Gasteiger partial charge in [0.15, 0.2) is 0 Å². The number of thioether (sulfide) groups is 1. The minimum absolute atomic E-state index is 0.135. The highest BCUT2D eigenvalue weighted by Crippen LogP contribution is 2.45. The zero-order valence-corrected chi connectivity index (χ0v) is 24.7. The van der Waals surface area contributed by atoms with Crippen molar-refractivity contribution in [2.45, 2.75) is 69.3 Å². The number of hydrogen-bond donors (Lipinski definition) is 0. The summed E-state index contributed by atoms with van der Waals surface area (Å²) in [4.78, 5) is 35.4. The van der Waals surface area contributed by atoms with Gasteiger partial charge in [-0.25, -0.2) is 13.6 Å². The number of carbonyl (C=O) groups excluding carboxylic acids is 1. The van der Waals surface area contributed by atoms with E-state index >= 15 is 4.39 Å². The van der Waals surface area contributed by atoms with Gasteiger partial charge < -0.3 is 14.5 Å². The molecule has 1 aliphatic carbocycles. The van der Waals surface area contributed by atoms with E-state index in [4.69, 9.17) is 16.3 Å². The Bertz CT molecular complexity index is 1630. The monoisotopic (exact) mass is 600 g/mol. The number of aromatic nitrogens is 2. The molecule has 1 saturated heterocycles. The molecule has 2 aromatic carbocycles. The van der Waals surface area contributed by atoms with Crippen LogP contribution in [0.4, 0.5) is 14.6 Å². The van der Waals surface area contributed by atoms with Crippen molar-refractivity contribution >= 4 is 46.0 Å². The predicted octanol–water partition coefficient (Wildman–Crippen LogP) is 5.57. The zero-order chi connectivity index (χ0) is 29.2. The normalized spacial score (nSPS) is 22.6. The summed E-state index contributed by atoms with van der Waals surface area (Å²) in [6, 6.07) is 3.75. The van der Waals surface area contributed by atoms with E-state index in [1.54, 1.807) is 9.47 Å². The summed E-state index contributed by atoms with van der Waals surface area (Å²) >= 11 is 7.62. The van der Waals surface area contributed by atoms with E-state index < -0.39 is 17.3 Å². The van der Waals surface area contributed by atoms with Crippen LogP contribution in [0.3, 0.4) is 0 Å². The van der Waals surface area contributed by atoms with E-state index in [2.05, 4.69) is 16.5 Å². The Morgan fingerprint density at radius 3 is 2.49 bits per heavy atom. The number of ether oxygens (including phenoxy) is 1. The van der Waals surface area contributed by atoms with Gasteiger partial charge in [0, 0.05) is 58.4 Å². The minimum Gasteiger partial charge on any atom is -0.372 e. The van der Waals surface area contributed by atoms with Crippen molar-refractivity contribution in [3.8, 4) is 11.1 Å². The van der Waals surface area contributed by atoms with Gasteiger partial charge in [-0.05, 0) is 57.4 Å². The molecule has 1 aromatic heterocycles. The van der Waals surface area contributed by atoms with E-state index in [9.17, 15) is 14.0 Å². The summed E-state index contributed by atoms with van der Waals surface area (Å²) in [5, 5.41) is 0.585. The van der Waals surface area contributed by atoms with E-state index in [1.807, 2.05) is 26.8 Å². The smallest absolute Gasteiger partial charge is 0.350 e. The molecule has 0 spiro atoms. The maximum Gasteiger partial charge on any atom is 0.350 e. The maximum absolute atomic E-state index is 15.3. The second-order valence-corrected chi connectivity index (χ2v) is 12.6. The Balaban J connectivity index is 1.56. The Kier molecular flexibility index (Phi) is 7.36. The van der Waals surface area contributed by atoms with Gasteiger partial charge in [-0.15, -0.1) is 11.8 Å². The lowest BCUT2D eigenvalue weighted by Gasteiger charge is -2.44. The molecule has 3 heterocycles. The third kappa shape index (κ3) is 5.04. The Morgan fingerprint density at radius 2 is 1.83 bits per heavy atom. The molecule has 1 amide bonds. The van der Waals surface area contributed by atoms with E-state index in [0.29, 0.717) is 47.2 Å². The van der Waals surface area contributed by atoms with Gasteiger partial charge >= 0.3 is 5.69 Å². The van der Waals surface area contributed by atoms with E-state index in [0.717, 1.165) is 29.9 Å². The van der Waals surface area contributed by atoms with Crippen LogP contribution >= 0.6 is 23.4 Å². The first-order valence-electron chi connectivity index (χ1n) is 13.8. The largest absolute Gasteiger partial charge is 0.372 e. The van der Waals surface area contributed by atoms with Gasteiger partial charge in [0.05, 0.1) is 29.3 Å². The number of carbonyl (C=O) groups is 1. The highest BCUT2D eigenvalue weighted by molar-refractivity contribution is 7.99. The summed E-state index contributed by atoms with van der Waals surface area (Å²) < 4.78 is 37.3. The second-order valence-electron chi connectivity index (χ2n) is 11.2. The summed E-state index contributed by atoms with van der Waals surface area (Å²) in [7, 11) is 0. The average molecular weight is 601 g/mol. The van der Waals surface area contributed by atoms with Gasteiger partial charge in [-0.1, -0.05) is 18.2 Å². The standard InChI is InChI=1S/C30H31ClF2N4O3S/c1-5-25(38)37-16(3)11-35(12-17(37)4)29-21-8-15(2)26(20-9-22(31)24(33)10-23(20)32)28-27(21)36(30(39)34-29)13-19(14-41-28)40-18-6-7-18/h5,8-10,16-19H,1,6-7,11-14H2,2-4H3/t16-,17+,19?. The van der Waals surface area contributed by atoms with Crippen LogP contribution < -0.4 is 10.6 Å². The van der Waals surface area contributed by atoms with Crippen molar-refractivity contribution in [1.29, 1.82) is 0 Å². The van der Waals surface area contributed by atoms with Gasteiger partial charge in [-0.2, -0.15) is 4.98 Å². The predicted molar refractivity (Wildman–Crippen MR) is 158 cm³/mol. The van der Waals surface area contributed by atoms with Gasteiger partial charge in [-0.3, -0.25) is 9.36 Å². The number of rotatable bonds is 5. The van der Waals surface area contributed by atoms with Crippen molar-refractivity contribution in [3.05, 3.63) is 63.6 Å². The van der Waals surface area contributed by atoms with Gasteiger partial charge in [0.1, 0.15) is 17.5 Å². The number of benzene rings is 2. The molecular formula is C30H31ClF2N4O3S.